The summed E-state index contributed by atoms with van der Waals surface area (Å²) in [5.74, 6) is 0. The largest absolute Gasteiger partial charge is 0.393 e. The lowest BCUT2D eigenvalue weighted by Crippen LogP contribution is -2.39. The van der Waals surface area contributed by atoms with Crippen LogP contribution in [0.5, 0.6) is 0 Å². The molecule has 1 aromatic rings. The minimum absolute atomic E-state index is 0.0830. The molecule has 18 heavy (non-hydrogen) atoms. The first-order valence-electron chi connectivity index (χ1n) is 7.05. The molecule has 2 N–H and O–H groups in total. The maximum absolute atomic E-state index is 9.64. The van der Waals surface area contributed by atoms with E-state index < -0.39 is 0 Å². The van der Waals surface area contributed by atoms with Crippen molar-refractivity contribution in [2.24, 2.45) is 0 Å². The highest BCUT2D eigenvalue weighted by atomic mass is 16.3. The van der Waals surface area contributed by atoms with Gasteiger partial charge in [-0.25, -0.2) is 0 Å². The third kappa shape index (κ3) is 2.44. The van der Waals surface area contributed by atoms with E-state index in [2.05, 4.69) is 34.5 Å². The Kier molecular flexibility index (Phi) is 3.64. The molecular formula is C15H22N2O. The van der Waals surface area contributed by atoms with Crippen molar-refractivity contribution in [2.75, 3.05) is 19.6 Å². The van der Waals surface area contributed by atoms with Gasteiger partial charge in [-0.05, 0) is 36.9 Å². The molecular weight excluding hydrogens is 224 g/mol. The van der Waals surface area contributed by atoms with Crippen molar-refractivity contribution in [3.05, 3.63) is 35.4 Å². The smallest absolute Gasteiger partial charge is 0.0564 e. The Balaban J connectivity index is 1.83. The van der Waals surface area contributed by atoms with Gasteiger partial charge in [-0.2, -0.15) is 0 Å². The Morgan fingerprint density at radius 3 is 2.72 bits per heavy atom. The highest BCUT2D eigenvalue weighted by Gasteiger charge is 2.27. The number of hydrogen-bond donors (Lipinski definition) is 2. The monoisotopic (exact) mass is 246 g/mol. The van der Waals surface area contributed by atoms with Gasteiger partial charge in [-0.15, -0.1) is 0 Å². The number of aliphatic hydroxyl groups is 1. The van der Waals surface area contributed by atoms with Crippen LogP contribution in [0.4, 0.5) is 0 Å². The minimum atomic E-state index is -0.0830. The molecule has 0 radical (unpaired) electrons. The number of nitrogens with zero attached hydrogens (tertiary/aromatic N) is 1. The molecule has 0 spiro atoms. The zero-order valence-electron chi connectivity index (χ0n) is 10.8. The van der Waals surface area contributed by atoms with Crippen LogP contribution in [0.15, 0.2) is 24.3 Å². The van der Waals surface area contributed by atoms with E-state index in [1.54, 1.807) is 0 Å². The number of nitrogens with one attached hydrogen (secondary N) is 1. The van der Waals surface area contributed by atoms with Gasteiger partial charge in [-0.1, -0.05) is 24.3 Å². The molecule has 0 amide bonds. The van der Waals surface area contributed by atoms with Crippen molar-refractivity contribution in [3.8, 4) is 0 Å². The van der Waals surface area contributed by atoms with E-state index in [0.717, 1.165) is 39.0 Å². The van der Waals surface area contributed by atoms with Crippen molar-refractivity contribution in [3.63, 3.8) is 0 Å². The van der Waals surface area contributed by atoms with Gasteiger partial charge in [-0.3, -0.25) is 4.90 Å². The molecule has 3 rings (SSSR count). The van der Waals surface area contributed by atoms with Gasteiger partial charge in [0.15, 0.2) is 0 Å². The van der Waals surface area contributed by atoms with E-state index in [9.17, 15) is 5.11 Å². The van der Waals surface area contributed by atoms with Gasteiger partial charge in [0, 0.05) is 25.7 Å². The Morgan fingerprint density at radius 2 is 1.89 bits per heavy atom. The van der Waals surface area contributed by atoms with Crippen molar-refractivity contribution in [1.29, 1.82) is 0 Å². The summed E-state index contributed by atoms with van der Waals surface area (Å²) < 4.78 is 0. The molecule has 1 saturated heterocycles. The van der Waals surface area contributed by atoms with Crippen molar-refractivity contribution in [1.82, 2.24) is 10.2 Å². The van der Waals surface area contributed by atoms with E-state index in [1.165, 1.54) is 17.5 Å². The lowest BCUT2D eigenvalue weighted by molar-refractivity contribution is 0.0586. The quantitative estimate of drug-likeness (QED) is 0.791. The molecule has 0 aliphatic carbocycles. The molecule has 1 aromatic carbocycles. The third-order valence-corrected chi connectivity index (χ3v) is 4.26. The van der Waals surface area contributed by atoms with E-state index in [1.807, 2.05) is 0 Å². The van der Waals surface area contributed by atoms with Crippen LogP contribution in [0.3, 0.4) is 0 Å². The standard InChI is InChI=1S/C15H22N2O/c18-13-6-9-17(10-7-13)15-5-8-16-11-12-3-1-2-4-14(12)15/h1-4,13,15-16,18H,5-11H2. The lowest BCUT2D eigenvalue weighted by Gasteiger charge is -2.36. The first-order valence-corrected chi connectivity index (χ1v) is 7.05. The summed E-state index contributed by atoms with van der Waals surface area (Å²) in [7, 11) is 0. The Hall–Kier alpha value is -0.900. The topological polar surface area (TPSA) is 35.5 Å². The number of piperidine rings is 1. The first-order chi connectivity index (χ1) is 8.84. The molecule has 1 fully saturated rings. The van der Waals surface area contributed by atoms with Crippen molar-refractivity contribution < 1.29 is 5.11 Å². The van der Waals surface area contributed by atoms with Crippen LogP contribution in [-0.2, 0) is 6.54 Å². The normalized spacial score (nSPS) is 26.6. The molecule has 0 saturated carbocycles. The zero-order valence-corrected chi connectivity index (χ0v) is 10.8. The maximum Gasteiger partial charge on any atom is 0.0564 e. The van der Waals surface area contributed by atoms with Crippen molar-refractivity contribution >= 4 is 0 Å². The second-order valence-electron chi connectivity index (χ2n) is 5.45. The van der Waals surface area contributed by atoms with Crippen LogP contribution in [0.25, 0.3) is 0 Å². The average Bonchev–Trinajstić information content (AvgIpc) is 2.62. The van der Waals surface area contributed by atoms with E-state index >= 15 is 0 Å². The van der Waals surface area contributed by atoms with Crippen LogP contribution >= 0.6 is 0 Å². The number of benzene rings is 1. The molecule has 2 heterocycles. The highest BCUT2D eigenvalue weighted by molar-refractivity contribution is 5.31. The fourth-order valence-electron chi connectivity index (χ4n) is 3.21. The van der Waals surface area contributed by atoms with E-state index in [0.29, 0.717) is 6.04 Å². The van der Waals surface area contributed by atoms with Gasteiger partial charge in [0.2, 0.25) is 0 Å². The van der Waals surface area contributed by atoms with Crippen LogP contribution in [0, 0.1) is 0 Å². The number of fused-ring (bicyclic) bond motifs is 1. The number of rotatable bonds is 1. The predicted molar refractivity (Wildman–Crippen MR) is 72.3 cm³/mol. The van der Waals surface area contributed by atoms with Gasteiger partial charge in [0.25, 0.3) is 0 Å². The van der Waals surface area contributed by atoms with E-state index in [-0.39, 0.29) is 6.10 Å². The van der Waals surface area contributed by atoms with Gasteiger partial charge < -0.3 is 10.4 Å². The molecule has 3 heteroatoms. The van der Waals surface area contributed by atoms with Gasteiger partial charge >= 0.3 is 0 Å². The van der Waals surface area contributed by atoms with Crippen LogP contribution in [0.1, 0.15) is 36.4 Å². The maximum atomic E-state index is 9.64. The fraction of sp³-hybridized carbons (Fsp3) is 0.600. The molecule has 0 bridgehead atoms. The minimum Gasteiger partial charge on any atom is -0.393 e. The van der Waals surface area contributed by atoms with E-state index in [4.69, 9.17) is 0 Å². The molecule has 3 nitrogen and oxygen atoms in total. The SMILES string of the molecule is OC1CCN(C2CCNCc3ccccc32)CC1. The van der Waals surface area contributed by atoms with Crippen LogP contribution in [-0.4, -0.2) is 35.7 Å². The fourth-order valence-corrected chi connectivity index (χ4v) is 3.21. The molecule has 2 aliphatic heterocycles. The average molecular weight is 246 g/mol. The summed E-state index contributed by atoms with van der Waals surface area (Å²) in [5, 5.41) is 13.1. The summed E-state index contributed by atoms with van der Waals surface area (Å²) >= 11 is 0. The molecule has 1 unspecified atom stereocenters. The summed E-state index contributed by atoms with van der Waals surface area (Å²) in [6, 6.07) is 9.32. The first kappa shape index (κ1) is 12.2. The zero-order chi connectivity index (χ0) is 12.4. The van der Waals surface area contributed by atoms with Gasteiger partial charge in [0.1, 0.15) is 0 Å². The lowest BCUT2D eigenvalue weighted by atomic mass is 9.95. The molecule has 1 atom stereocenters. The summed E-state index contributed by atoms with van der Waals surface area (Å²) in [4.78, 5) is 2.55. The van der Waals surface area contributed by atoms with Gasteiger partial charge in [0.05, 0.1) is 6.10 Å². The second kappa shape index (κ2) is 5.39. The summed E-state index contributed by atoms with van der Waals surface area (Å²) in [6.07, 6.45) is 2.94. The number of hydrogen-bond acceptors (Lipinski definition) is 3. The van der Waals surface area contributed by atoms with Crippen LogP contribution in [0.2, 0.25) is 0 Å². The Morgan fingerprint density at radius 1 is 1.11 bits per heavy atom. The number of likely N-dealkylation sites (tertiary alicyclic amines) is 1. The summed E-state index contributed by atoms with van der Waals surface area (Å²) in [6.45, 7) is 4.13. The molecule has 2 aliphatic rings. The Bertz CT molecular complexity index is 399. The third-order valence-electron chi connectivity index (χ3n) is 4.26. The number of aliphatic hydroxyl groups excluding tert-OH is 1. The second-order valence-corrected chi connectivity index (χ2v) is 5.45. The molecule has 98 valence electrons. The predicted octanol–water partition coefficient (Wildman–Crippen LogP) is 1.68. The molecule has 0 aromatic heterocycles. The highest BCUT2D eigenvalue weighted by Crippen LogP contribution is 2.31. The van der Waals surface area contributed by atoms with Crippen molar-refractivity contribution in [2.45, 2.75) is 38.0 Å². The Labute approximate surface area is 109 Å². The summed E-state index contributed by atoms with van der Waals surface area (Å²) in [5.41, 5.74) is 2.92. The van der Waals surface area contributed by atoms with Crippen LogP contribution < -0.4 is 5.32 Å².